The van der Waals surface area contributed by atoms with Gasteiger partial charge in [0.25, 0.3) is 5.91 Å². The molecular weight excluding hydrogens is 554 g/mol. The zero-order chi connectivity index (χ0) is 29.6. The van der Waals surface area contributed by atoms with Crippen molar-refractivity contribution < 1.29 is 22.7 Å². The fourth-order valence-electron chi connectivity index (χ4n) is 5.58. The van der Waals surface area contributed by atoms with E-state index in [1.807, 2.05) is 18.2 Å². The molecule has 42 heavy (non-hydrogen) atoms. The predicted molar refractivity (Wildman–Crippen MR) is 160 cm³/mol. The number of nitrogens with one attached hydrogen (secondary N) is 1. The molecule has 1 N–H and O–H groups in total. The molecule has 11 heteroatoms. The molecule has 10 nitrogen and oxygen atoms in total. The fraction of sp³-hybridized carbons (Fsp3) is 0.355. The molecule has 0 unspecified atom stereocenters. The summed E-state index contributed by atoms with van der Waals surface area (Å²) >= 11 is 0. The summed E-state index contributed by atoms with van der Waals surface area (Å²) in [6.07, 6.45) is 3.87. The van der Waals surface area contributed by atoms with Crippen LogP contribution in [0, 0.1) is 6.92 Å². The van der Waals surface area contributed by atoms with Crippen LogP contribution in [0.25, 0.3) is 22.3 Å². The standard InChI is InChI=1S/C31H33N5O5S/c1-18-5-6-22(12-28(18)42(4,38)39)31(37)33-15-24-13-26-23(14-32-24)7-8-25(34-26)27-11-21-9-10-40-29(21)30(35-27)36-16-19(2)41-20(3)17-36/h5-8,11-14,19-20H,9-10,15-17H2,1-4H3,(H,33,37)/t19-,20+. The molecule has 3 aromatic heterocycles. The Balaban J connectivity index is 1.26. The second-order valence-electron chi connectivity index (χ2n) is 11.1. The number of aryl methyl sites for hydroxylation is 1. The average molecular weight is 588 g/mol. The lowest BCUT2D eigenvalue weighted by molar-refractivity contribution is -0.00557. The number of carbonyl (C=O) groups is 1. The van der Waals surface area contributed by atoms with E-state index in [9.17, 15) is 13.2 Å². The van der Waals surface area contributed by atoms with Gasteiger partial charge in [0.2, 0.25) is 0 Å². The molecule has 1 amide bonds. The quantitative estimate of drug-likeness (QED) is 0.358. The van der Waals surface area contributed by atoms with Crippen LogP contribution in [-0.4, -0.2) is 67.4 Å². The Morgan fingerprint density at radius 3 is 2.60 bits per heavy atom. The summed E-state index contributed by atoms with van der Waals surface area (Å²) in [5.74, 6) is 1.30. The second kappa shape index (κ2) is 11.0. The van der Waals surface area contributed by atoms with Crippen LogP contribution < -0.4 is 15.0 Å². The minimum absolute atomic E-state index is 0.0919. The Kier molecular flexibility index (Phi) is 7.32. The molecule has 2 aliphatic heterocycles. The van der Waals surface area contributed by atoms with Crippen molar-refractivity contribution in [2.45, 2.75) is 50.8 Å². The Hall–Kier alpha value is -4.09. The van der Waals surface area contributed by atoms with E-state index in [-0.39, 0.29) is 35.1 Å². The van der Waals surface area contributed by atoms with Crippen LogP contribution in [-0.2, 0) is 27.5 Å². The number of aromatic nitrogens is 3. The molecular formula is C31H33N5O5S. The van der Waals surface area contributed by atoms with Gasteiger partial charge >= 0.3 is 0 Å². The normalized spacial score (nSPS) is 18.5. The van der Waals surface area contributed by atoms with Crippen molar-refractivity contribution in [3.05, 3.63) is 71.0 Å². The highest BCUT2D eigenvalue weighted by Gasteiger charge is 2.29. The molecule has 4 aromatic rings. The van der Waals surface area contributed by atoms with E-state index in [1.165, 1.54) is 6.07 Å². The molecule has 6 rings (SSSR count). The van der Waals surface area contributed by atoms with Crippen molar-refractivity contribution in [2.75, 3.05) is 30.9 Å². The lowest BCUT2D eigenvalue weighted by Gasteiger charge is -2.36. The number of hydrogen-bond acceptors (Lipinski definition) is 9. The molecule has 2 aliphatic rings. The largest absolute Gasteiger partial charge is 0.489 e. The summed E-state index contributed by atoms with van der Waals surface area (Å²) in [5.41, 5.74) is 4.86. The lowest BCUT2D eigenvalue weighted by atomic mass is 10.1. The first kappa shape index (κ1) is 28.0. The van der Waals surface area contributed by atoms with Gasteiger partial charge in [-0.25, -0.2) is 18.4 Å². The van der Waals surface area contributed by atoms with Gasteiger partial charge in [0, 0.05) is 48.5 Å². The Morgan fingerprint density at radius 2 is 1.83 bits per heavy atom. The van der Waals surface area contributed by atoms with Crippen molar-refractivity contribution in [2.24, 2.45) is 0 Å². The molecule has 218 valence electrons. The Morgan fingerprint density at radius 1 is 1.05 bits per heavy atom. The first-order valence-corrected chi connectivity index (χ1v) is 15.9. The lowest BCUT2D eigenvalue weighted by Crippen LogP contribution is -2.46. The molecule has 1 fully saturated rings. The first-order valence-electron chi connectivity index (χ1n) is 14.0. The van der Waals surface area contributed by atoms with E-state index in [1.54, 1.807) is 25.3 Å². The van der Waals surface area contributed by atoms with Crippen LogP contribution in [0.2, 0.25) is 0 Å². The number of morpholine rings is 1. The molecule has 0 aliphatic carbocycles. The molecule has 5 heterocycles. The zero-order valence-corrected chi connectivity index (χ0v) is 24.9. The smallest absolute Gasteiger partial charge is 0.251 e. The molecule has 1 aromatic carbocycles. The number of benzene rings is 1. The third-order valence-corrected chi connectivity index (χ3v) is 8.78. The maximum atomic E-state index is 12.8. The van der Waals surface area contributed by atoms with E-state index in [4.69, 9.17) is 19.4 Å². The maximum absolute atomic E-state index is 12.8. The molecule has 0 bridgehead atoms. The monoisotopic (exact) mass is 587 g/mol. The van der Waals surface area contributed by atoms with E-state index in [0.717, 1.165) is 65.2 Å². The van der Waals surface area contributed by atoms with Crippen molar-refractivity contribution in [1.82, 2.24) is 20.3 Å². The number of nitrogens with zero attached hydrogens (tertiary/aromatic N) is 4. The van der Waals surface area contributed by atoms with Crippen molar-refractivity contribution >= 4 is 32.5 Å². The molecule has 2 atom stereocenters. The number of sulfone groups is 1. The third kappa shape index (κ3) is 5.66. The van der Waals surface area contributed by atoms with Gasteiger partial charge in [0.1, 0.15) is 0 Å². The van der Waals surface area contributed by atoms with Crippen molar-refractivity contribution in [3.8, 4) is 17.1 Å². The number of pyridine rings is 3. The number of hydrogen-bond donors (Lipinski definition) is 1. The molecule has 0 saturated carbocycles. The van der Waals surface area contributed by atoms with Crippen LogP contribution in [0.5, 0.6) is 5.75 Å². The van der Waals surface area contributed by atoms with E-state index >= 15 is 0 Å². The highest BCUT2D eigenvalue weighted by molar-refractivity contribution is 7.90. The van der Waals surface area contributed by atoms with E-state index in [2.05, 4.69) is 35.1 Å². The number of ether oxygens (including phenoxy) is 2. The second-order valence-corrected chi connectivity index (χ2v) is 13.1. The van der Waals surface area contributed by atoms with Gasteiger partial charge in [0.15, 0.2) is 21.4 Å². The van der Waals surface area contributed by atoms with Crippen LogP contribution in [0.1, 0.15) is 41.0 Å². The summed E-state index contributed by atoms with van der Waals surface area (Å²) in [6, 6.07) is 12.5. The van der Waals surface area contributed by atoms with Gasteiger partial charge in [-0.1, -0.05) is 6.07 Å². The minimum Gasteiger partial charge on any atom is -0.489 e. The SMILES string of the molecule is Cc1ccc(C(=O)NCc2cc3nc(-c4cc5c(c(N6C[C@@H](C)O[C@@H](C)C6)n4)OCC5)ccc3cn2)cc1S(C)(=O)=O. The number of anilines is 1. The highest BCUT2D eigenvalue weighted by atomic mass is 32.2. The number of amides is 1. The third-order valence-electron chi connectivity index (χ3n) is 7.54. The van der Waals surface area contributed by atoms with Crippen LogP contribution in [0.15, 0.2) is 53.6 Å². The van der Waals surface area contributed by atoms with Gasteiger partial charge in [-0.15, -0.1) is 0 Å². The van der Waals surface area contributed by atoms with Gasteiger partial charge in [0.05, 0.1) is 52.9 Å². The van der Waals surface area contributed by atoms with Gasteiger partial charge in [-0.05, 0) is 62.7 Å². The van der Waals surface area contributed by atoms with Crippen LogP contribution >= 0.6 is 0 Å². The average Bonchev–Trinajstić information content (AvgIpc) is 3.43. The fourth-order valence-corrected chi connectivity index (χ4v) is 6.58. The molecule has 0 radical (unpaired) electrons. The number of rotatable bonds is 6. The van der Waals surface area contributed by atoms with Crippen molar-refractivity contribution in [1.29, 1.82) is 0 Å². The predicted octanol–water partition coefficient (Wildman–Crippen LogP) is 3.88. The van der Waals surface area contributed by atoms with E-state index < -0.39 is 9.84 Å². The Bertz CT molecular complexity index is 1800. The van der Waals surface area contributed by atoms with Crippen LogP contribution in [0.4, 0.5) is 5.82 Å². The molecule has 0 spiro atoms. The highest BCUT2D eigenvalue weighted by Crippen LogP contribution is 2.38. The van der Waals surface area contributed by atoms with E-state index in [0.29, 0.717) is 17.9 Å². The summed E-state index contributed by atoms with van der Waals surface area (Å²) in [7, 11) is -3.45. The van der Waals surface area contributed by atoms with Gasteiger partial charge < -0.3 is 19.7 Å². The van der Waals surface area contributed by atoms with Gasteiger partial charge in [-0.3, -0.25) is 9.78 Å². The van der Waals surface area contributed by atoms with Gasteiger partial charge in [-0.2, -0.15) is 0 Å². The molecule has 1 saturated heterocycles. The summed E-state index contributed by atoms with van der Waals surface area (Å²) in [6.45, 7) is 8.11. The first-order chi connectivity index (χ1) is 20.0. The maximum Gasteiger partial charge on any atom is 0.251 e. The summed E-state index contributed by atoms with van der Waals surface area (Å²) in [4.78, 5) is 29.6. The number of carbonyl (C=O) groups excluding carboxylic acids is 1. The zero-order valence-electron chi connectivity index (χ0n) is 24.0. The van der Waals surface area contributed by atoms with Crippen molar-refractivity contribution in [3.63, 3.8) is 0 Å². The minimum atomic E-state index is -3.45. The number of fused-ring (bicyclic) bond motifs is 2. The Labute approximate surface area is 245 Å². The van der Waals surface area contributed by atoms with Crippen LogP contribution in [0.3, 0.4) is 0 Å². The summed E-state index contributed by atoms with van der Waals surface area (Å²) < 4.78 is 36.1. The topological polar surface area (TPSA) is 124 Å². The summed E-state index contributed by atoms with van der Waals surface area (Å²) in [5, 5.41) is 3.70.